The molecule has 0 radical (unpaired) electrons. The van der Waals surface area contributed by atoms with Gasteiger partial charge in [0.25, 0.3) is 0 Å². The van der Waals surface area contributed by atoms with Gasteiger partial charge in [-0.25, -0.2) is 0 Å². The zero-order valence-corrected chi connectivity index (χ0v) is 20.2. The first-order valence-electron chi connectivity index (χ1n) is 11.9. The number of hydrogen-bond donors (Lipinski definition) is 2. The topological polar surface area (TPSA) is 74.8 Å². The van der Waals surface area contributed by atoms with Gasteiger partial charge in [-0.3, -0.25) is 0 Å². The lowest BCUT2D eigenvalue weighted by Gasteiger charge is -2.36. The molecule has 8 nitrogen and oxygen atoms in total. The summed E-state index contributed by atoms with van der Waals surface area (Å²) in [5.74, 6) is 5.35. The molecule has 2 saturated heterocycles. The Hall–Kier alpha value is -2.81. The average molecular weight is 469 g/mol. The monoisotopic (exact) mass is 468 g/mol. The molecule has 33 heavy (non-hydrogen) atoms. The smallest absolute Gasteiger partial charge is 0.232 e. The summed E-state index contributed by atoms with van der Waals surface area (Å²) in [5.41, 5.74) is 1.06. The largest absolute Gasteiger partial charge is 0.454 e. The van der Waals surface area contributed by atoms with Gasteiger partial charge in [0.15, 0.2) is 16.6 Å². The van der Waals surface area contributed by atoms with Gasteiger partial charge in [0.2, 0.25) is 12.7 Å². The molecule has 0 saturated carbocycles. The van der Waals surface area contributed by atoms with E-state index in [1.54, 1.807) is 0 Å². The van der Waals surface area contributed by atoms with E-state index in [4.69, 9.17) is 31.7 Å². The van der Waals surface area contributed by atoms with Gasteiger partial charge >= 0.3 is 0 Å². The van der Waals surface area contributed by atoms with Gasteiger partial charge < -0.3 is 29.9 Å². The highest BCUT2D eigenvalue weighted by Crippen LogP contribution is 2.32. The van der Waals surface area contributed by atoms with E-state index in [-0.39, 0.29) is 6.79 Å². The maximum absolute atomic E-state index is 5.56. The van der Waals surface area contributed by atoms with Gasteiger partial charge in [-0.1, -0.05) is 19.9 Å². The molecular weight excluding hydrogens is 436 g/mol. The van der Waals surface area contributed by atoms with Crippen LogP contribution >= 0.6 is 12.2 Å². The Morgan fingerprint density at radius 2 is 1.70 bits per heavy atom. The maximum Gasteiger partial charge on any atom is 0.232 e. The Morgan fingerprint density at radius 3 is 2.45 bits per heavy atom. The fourth-order valence-corrected chi connectivity index (χ4v) is 5.14. The van der Waals surface area contributed by atoms with Crippen molar-refractivity contribution < 1.29 is 9.47 Å². The van der Waals surface area contributed by atoms with Crippen molar-refractivity contribution in [3.8, 4) is 11.5 Å². The molecule has 1 aromatic carbocycles. The van der Waals surface area contributed by atoms with Gasteiger partial charge in [-0.05, 0) is 61.0 Å². The van der Waals surface area contributed by atoms with Crippen LogP contribution in [0.2, 0.25) is 0 Å². The van der Waals surface area contributed by atoms with Crippen molar-refractivity contribution in [2.75, 3.05) is 48.1 Å². The van der Waals surface area contributed by atoms with Gasteiger partial charge in [0.1, 0.15) is 11.6 Å². The number of benzene rings is 1. The second-order valence-corrected chi connectivity index (χ2v) is 9.86. The summed E-state index contributed by atoms with van der Waals surface area (Å²) >= 11 is 5.56. The molecule has 5 rings (SSSR count). The van der Waals surface area contributed by atoms with Gasteiger partial charge in [0.05, 0.1) is 0 Å². The van der Waals surface area contributed by atoms with Crippen LogP contribution in [0.1, 0.15) is 38.7 Å². The highest BCUT2D eigenvalue weighted by molar-refractivity contribution is 7.80. The standard InChI is InChI=1S/C24H32N6O2S/c1-16-9-17(2)14-30(13-16)22-11-21(29-7-3-4-8-29)26-23(27-22)28-24(33)25-12-18-5-6-19-20(10-18)32-15-31-19/h5-6,10-11,16-17H,3-4,7-9,12-15H2,1-2H3,(H2,25,26,27,28,33). The molecule has 176 valence electrons. The van der Waals surface area contributed by atoms with Crippen LogP contribution in [0.3, 0.4) is 0 Å². The van der Waals surface area contributed by atoms with Crippen LogP contribution in [0.4, 0.5) is 17.6 Å². The summed E-state index contributed by atoms with van der Waals surface area (Å²) in [6.07, 6.45) is 3.67. The number of fused-ring (bicyclic) bond motifs is 1. The number of anilines is 3. The molecule has 3 aliphatic rings. The molecule has 2 atom stereocenters. The lowest BCUT2D eigenvalue weighted by atomic mass is 9.92. The van der Waals surface area contributed by atoms with Crippen LogP contribution in [0.25, 0.3) is 0 Å². The van der Waals surface area contributed by atoms with Crippen LogP contribution in [-0.2, 0) is 6.54 Å². The zero-order valence-electron chi connectivity index (χ0n) is 19.3. The van der Waals surface area contributed by atoms with Crippen molar-refractivity contribution in [3.05, 3.63) is 29.8 Å². The van der Waals surface area contributed by atoms with Crippen LogP contribution in [-0.4, -0.2) is 48.1 Å². The molecule has 2 unspecified atom stereocenters. The minimum atomic E-state index is 0.272. The summed E-state index contributed by atoms with van der Waals surface area (Å²) < 4.78 is 10.8. The number of rotatable bonds is 5. The number of hydrogen-bond acceptors (Lipinski definition) is 7. The summed E-state index contributed by atoms with van der Waals surface area (Å²) in [5, 5.41) is 6.97. The number of thiocarbonyl (C=S) groups is 1. The van der Waals surface area contributed by atoms with E-state index < -0.39 is 0 Å². The molecule has 1 aromatic heterocycles. The predicted octanol–water partition coefficient (Wildman–Crippen LogP) is 3.77. The number of aromatic nitrogens is 2. The van der Waals surface area contributed by atoms with Gasteiger partial charge in [-0.15, -0.1) is 0 Å². The van der Waals surface area contributed by atoms with Crippen LogP contribution in [0, 0.1) is 11.8 Å². The quantitative estimate of drug-likeness (QED) is 0.638. The second-order valence-electron chi connectivity index (χ2n) is 9.45. The first-order chi connectivity index (χ1) is 16.0. The highest BCUT2D eigenvalue weighted by Gasteiger charge is 2.25. The molecule has 0 spiro atoms. The fourth-order valence-electron chi connectivity index (χ4n) is 4.98. The number of piperidine rings is 1. The summed E-state index contributed by atoms with van der Waals surface area (Å²) in [6.45, 7) is 9.60. The molecule has 9 heteroatoms. The van der Waals surface area contributed by atoms with Gasteiger partial charge in [0, 0.05) is 38.8 Å². The van der Waals surface area contributed by atoms with E-state index in [0.717, 1.165) is 54.9 Å². The van der Waals surface area contributed by atoms with E-state index in [9.17, 15) is 0 Å². The van der Waals surface area contributed by atoms with Crippen molar-refractivity contribution in [2.45, 2.75) is 39.7 Å². The minimum Gasteiger partial charge on any atom is -0.454 e. The average Bonchev–Trinajstić information content (AvgIpc) is 3.48. The van der Waals surface area contributed by atoms with E-state index >= 15 is 0 Å². The lowest BCUT2D eigenvalue weighted by Crippen LogP contribution is -2.39. The number of ether oxygens (including phenoxy) is 2. The Labute approximate surface area is 200 Å². The molecule has 0 amide bonds. The zero-order chi connectivity index (χ0) is 22.8. The first kappa shape index (κ1) is 22.0. The Kier molecular flexibility index (Phi) is 6.39. The summed E-state index contributed by atoms with van der Waals surface area (Å²) in [4.78, 5) is 14.4. The van der Waals surface area contributed by atoms with E-state index in [0.29, 0.717) is 29.4 Å². The molecule has 3 aliphatic heterocycles. The van der Waals surface area contributed by atoms with Crippen molar-refractivity contribution in [2.24, 2.45) is 11.8 Å². The Morgan fingerprint density at radius 1 is 1.00 bits per heavy atom. The van der Waals surface area contributed by atoms with E-state index in [1.807, 2.05) is 18.2 Å². The maximum atomic E-state index is 5.56. The van der Waals surface area contributed by atoms with E-state index in [1.165, 1.54) is 19.3 Å². The molecule has 2 N–H and O–H groups in total. The van der Waals surface area contributed by atoms with Crippen LogP contribution in [0.15, 0.2) is 24.3 Å². The fraction of sp³-hybridized carbons (Fsp3) is 0.542. The Balaban J connectivity index is 1.29. The number of nitrogens with one attached hydrogen (secondary N) is 2. The Bertz CT molecular complexity index is 1000. The van der Waals surface area contributed by atoms with Crippen molar-refractivity contribution in [1.82, 2.24) is 15.3 Å². The third-order valence-electron chi connectivity index (χ3n) is 6.44. The first-order valence-corrected chi connectivity index (χ1v) is 12.3. The third kappa shape index (κ3) is 5.24. The molecule has 2 fully saturated rings. The second kappa shape index (κ2) is 9.59. The molecule has 4 heterocycles. The SMILES string of the molecule is CC1CC(C)CN(c2cc(N3CCCC3)nc(NC(=S)NCc3ccc4c(c3)OCO4)n2)C1. The van der Waals surface area contributed by atoms with Crippen molar-refractivity contribution >= 4 is 34.9 Å². The third-order valence-corrected chi connectivity index (χ3v) is 6.68. The summed E-state index contributed by atoms with van der Waals surface area (Å²) in [7, 11) is 0. The molecule has 0 aliphatic carbocycles. The normalized spacial score (nSPS) is 21.9. The van der Waals surface area contributed by atoms with E-state index in [2.05, 4.69) is 40.3 Å². The molecule has 2 aromatic rings. The number of nitrogens with zero attached hydrogens (tertiary/aromatic N) is 4. The van der Waals surface area contributed by atoms with Crippen molar-refractivity contribution in [3.63, 3.8) is 0 Å². The van der Waals surface area contributed by atoms with Gasteiger partial charge in [-0.2, -0.15) is 9.97 Å². The predicted molar refractivity (Wildman–Crippen MR) is 134 cm³/mol. The lowest BCUT2D eigenvalue weighted by molar-refractivity contribution is 0.174. The molecule has 0 bridgehead atoms. The molecular formula is C24H32N6O2S. The summed E-state index contributed by atoms with van der Waals surface area (Å²) in [6, 6.07) is 8.04. The highest BCUT2D eigenvalue weighted by atomic mass is 32.1. The van der Waals surface area contributed by atoms with Crippen molar-refractivity contribution in [1.29, 1.82) is 0 Å². The van der Waals surface area contributed by atoms with Crippen LogP contribution < -0.4 is 29.9 Å². The van der Waals surface area contributed by atoms with Crippen LogP contribution in [0.5, 0.6) is 11.5 Å². The minimum absolute atomic E-state index is 0.272.